The van der Waals surface area contributed by atoms with Crippen molar-refractivity contribution in [3.05, 3.63) is 18.3 Å². The number of nitrogens with zero attached hydrogens (tertiary/aromatic N) is 3. The summed E-state index contributed by atoms with van der Waals surface area (Å²) in [4.78, 5) is 20.4. The van der Waals surface area contributed by atoms with Crippen LogP contribution in [-0.4, -0.2) is 47.3 Å². The van der Waals surface area contributed by atoms with Gasteiger partial charge in [0.25, 0.3) is 0 Å². The first-order valence-electron chi connectivity index (χ1n) is 7.22. The third-order valence-corrected chi connectivity index (χ3v) is 3.34. The standard InChI is InChI=1S/C15H24N4O2/c1-11-10-18(14(20)21-15(2,3)4)7-8-19(11)13-6-5-12(16)9-17-13/h5-6,9,11H,7-8,10,16H2,1-4H3. The van der Waals surface area contributed by atoms with Gasteiger partial charge in [-0.3, -0.25) is 0 Å². The number of nitrogen functional groups attached to an aromatic ring is 1. The minimum absolute atomic E-state index is 0.183. The zero-order chi connectivity index (χ0) is 15.6. The van der Waals surface area contributed by atoms with E-state index in [0.717, 1.165) is 12.4 Å². The Morgan fingerprint density at radius 3 is 2.62 bits per heavy atom. The number of carbonyl (C=O) groups is 1. The van der Waals surface area contributed by atoms with E-state index in [1.54, 1.807) is 11.1 Å². The van der Waals surface area contributed by atoms with Crippen molar-refractivity contribution in [3.63, 3.8) is 0 Å². The molecule has 0 aromatic carbocycles. The lowest BCUT2D eigenvalue weighted by Crippen LogP contribution is -2.54. The number of pyridine rings is 1. The number of hydrogen-bond donors (Lipinski definition) is 1. The second-order valence-electron chi connectivity index (χ2n) is 6.42. The molecule has 2 N–H and O–H groups in total. The number of amides is 1. The Hall–Kier alpha value is -1.98. The van der Waals surface area contributed by atoms with Crippen molar-refractivity contribution in [2.45, 2.75) is 39.3 Å². The predicted molar refractivity (Wildman–Crippen MR) is 83.3 cm³/mol. The third-order valence-electron chi connectivity index (χ3n) is 3.34. The number of hydrogen-bond acceptors (Lipinski definition) is 5. The fourth-order valence-electron chi connectivity index (χ4n) is 2.36. The van der Waals surface area contributed by atoms with E-state index in [0.29, 0.717) is 18.8 Å². The molecule has 0 bridgehead atoms. The molecule has 0 spiro atoms. The monoisotopic (exact) mass is 292 g/mol. The molecule has 1 atom stereocenters. The van der Waals surface area contributed by atoms with Crippen LogP contribution in [0.15, 0.2) is 18.3 Å². The SMILES string of the molecule is CC1CN(C(=O)OC(C)(C)C)CCN1c1ccc(N)cn1. The fourth-order valence-corrected chi connectivity index (χ4v) is 2.36. The molecule has 1 amide bonds. The second kappa shape index (κ2) is 5.79. The van der Waals surface area contributed by atoms with Crippen molar-refractivity contribution in [1.29, 1.82) is 0 Å². The number of aromatic nitrogens is 1. The molecule has 1 unspecified atom stereocenters. The van der Waals surface area contributed by atoms with E-state index in [1.165, 1.54) is 0 Å². The van der Waals surface area contributed by atoms with E-state index in [1.807, 2.05) is 32.9 Å². The summed E-state index contributed by atoms with van der Waals surface area (Å²) in [7, 11) is 0. The van der Waals surface area contributed by atoms with Crippen molar-refractivity contribution in [2.75, 3.05) is 30.3 Å². The Morgan fingerprint density at radius 2 is 2.10 bits per heavy atom. The van der Waals surface area contributed by atoms with Crippen LogP contribution >= 0.6 is 0 Å². The van der Waals surface area contributed by atoms with Crippen LogP contribution in [0.3, 0.4) is 0 Å². The van der Waals surface area contributed by atoms with E-state index in [4.69, 9.17) is 10.5 Å². The van der Waals surface area contributed by atoms with Crippen LogP contribution in [0.5, 0.6) is 0 Å². The highest BCUT2D eigenvalue weighted by atomic mass is 16.6. The second-order valence-corrected chi connectivity index (χ2v) is 6.42. The number of carbonyl (C=O) groups excluding carboxylic acids is 1. The summed E-state index contributed by atoms with van der Waals surface area (Å²) < 4.78 is 5.42. The molecule has 1 saturated heterocycles. The van der Waals surface area contributed by atoms with Crippen LogP contribution < -0.4 is 10.6 Å². The fraction of sp³-hybridized carbons (Fsp3) is 0.600. The maximum atomic E-state index is 12.1. The van der Waals surface area contributed by atoms with Crippen molar-refractivity contribution in [1.82, 2.24) is 9.88 Å². The molecule has 6 heteroatoms. The van der Waals surface area contributed by atoms with Gasteiger partial charge in [0.1, 0.15) is 11.4 Å². The molecule has 1 aliphatic rings. The molecule has 0 radical (unpaired) electrons. The number of piperazine rings is 1. The minimum atomic E-state index is -0.462. The largest absolute Gasteiger partial charge is 0.444 e. The smallest absolute Gasteiger partial charge is 0.410 e. The number of nitrogens with two attached hydrogens (primary N) is 1. The summed E-state index contributed by atoms with van der Waals surface area (Å²) in [5.41, 5.74) is 5.85. The molecule has 1 aromatic heterocycles. The molecule has 2 heterocycles. The van der Waals surface area contributed by atoms with E-state index >= 15 is 0 Å². The predicted octanol–water partition coefficient (Wildman–Crippen LogP) is 2.11. The molecule has 0 saturated carbocycles. The molecular formula is C15H24N4O2. The Kier molecular flexibility index (Phi) is 4.25. The minimum Gasteiger partial charge on any atom is -0.444 e. The highest BCUT2D eigenvalue weighted by Gasteiger charge is 2.30. The van der Waals surface area contributed by atoms with E-state index in [-0.39, 0.29) is 12.1 Å². The zero-order valence-corrected chi connectivity index (χ0v) is 13.2. The van der Waals surface area contributed by atoms with Gasteiger partial charge in [-0.05, 0) is 39.8 Å². The van der Waals surface area contributed by atoms with Crippen molar-refractivity contribution in [2.24, 2.45) is 0 Å². The van der Waals surface area contributed by atoms with Gasteiger partial charge in [-0.25, -0.2) is 9.78 Å². The lowest BCUT2D eigenvalue weighted by molar-refractivity contribution is 0.0218. The van der Waals surface area contributed by atoms with Crippen LogP contribution in [0.25, 0.3) is 0 Å². The normalized spacial score (nSPS) is 19.5. The molecule has 1 aromatic rings. The van der Waals surface area contributed by atoms with Gasteiger partial charge in [-0.15, -0.1) is 0 Å². The first-order chi connectivity index (χ1) is 9.76. The van der Waals surface area contributed by atoms with Gasteiger partial charge in [0, 0.05) is 25.7 Å². The molecule has 1 aliphatic heterocycles. The molecule has 21 heavy (non-hydrogen) atoms. The summed E-state index contributed by atoms with van der Waals surface area (Å²) in [6, 6.07) is 3.94. The van der Waals surface area contributed by atoms with Gasteiger partial charge in [-0.2, -0.15) is 0 Å². The van der Waals surface area contributed by atoms with Crippen molar-refractivity contribution >= 4 is 17.6 Å². The zero-order valence-electron chi connectivity index (χ0n) is 13.2. The summed E-state index contributed by atoms with van der Waals surface area (Å²) in [6.07, 6.45) is 1.40. The Bertz CT molecular complexity index is 495. The lowest BCUT2D eigenvalue weighted by Gasteiger charge is -2.40. The quantitative estimate of drug-likeness (QED) is 0.858. The summed E-state index contributed by atoms with van der Waals surface area (Å²) >= 11 is 0. The molecule has 6 nitrogen and oxygen atoms in total. The van der Waals surface area contributed by atoms with Gasteiger partial charge in [0.15, 0.2) is 0 Å². The van der Waals surface area contributed by atoms with Crippen LogP contribution in [0.2, 0.25) is 0 Å². The molecule has 0 aliphatic carbocycles. The topological polar surface area (TPSA) is 71.7 Å². The van der Waals surface area contributed by atoms with Gasteiger partial charge in [0.05, 0.1) is 11.9 Å². The Morgan fingerprint density at radius 1 is 1.38 bits per heavy atom. The van der Waals surface area contributed by atoms with Gasteiger partial charge in [-0.1, -0.05) is 0 Å². The molecule has 116 valence electrons. The van der Waals surface area contributed by atoms with Crippen LogP contribution in [0.4, 0.5) is 16.3 Å². The van der Waals surface area contributed by atoms with Crippen LogP contribution in [0.1, 0.15) is 27.7 Å². The van der Waals surface area contributed by atoms with E-state index in [2.05, 4.69) is 16.8 Å². The maximum absolute atomic E-state index is 12.1. The summed E-state index contributed by atoms with van der Waals surface area (Å²) in [5, 5.41) is 0. The average molecular weight is 292 g/mol. The maximum Gasteiger partial charge on any atom is 0.410 e. The molecule has 1 fully saturated rings. The summed E-state index contributed by atoms with van der Waals surface area (Å²) in [5.74, 6) is 0.889. The van der Waals surface area contributed by atoms with Crippen LogP contribution in [0, 0.1) is 0 Å². The lowest BCUT2D eigenvalue weighted by atomic mass is 10.2. The highest BCUT2D eigenvalue weighted by Crippen LogP contribution is 2.20. The summed E-state index contributed by atoms with van der Waals surface area (Å²) in [6.45, 7) is 9.70. The van der Waals surface area contributed by atoms with Crippen molar-refractivity contribution in [3.8, 4) is 0 Å². The number of ether oxygens (including phenoxy) is 1. The van der Waals surface area contributed by atoms with Gasteiger partial charge >= 0.3 is 6.09 Å². The van der Waals surface area contributed by atoms with E-state index in [9.17, 15) is 4.79 Å². The third kappa shape index (κ3) is 4.00. The first-order valence-corrected chi connectivity index (χ1v) is 7.22. The van der Waals surface area contributed by atoms with Gasteiger partial charge < -0.3 is 20.3 Å². The van der Waals surface area contributed by atoms with E-state index < -0.39 is 5.60 Å². The molecule has 2 rings (SSSR count). The molecular weight excluding hydrogens is 268 g/mol. The Balaban J connectivity index is 1.99. The van der Waals surface area contributed by atoms with Crippen molar-refractivity contribution < 1.29 is 9.53 Å². The van der Waals surface area contributed by atoms with Gasteiger partial charge in [0.2, 0.25) is 0 Å². The Labute approximate surface area is 125 Å². The highest BCUT2D eigenvalue weighted by molar-refractivity contribution is 5.68. The first kappa shape index (κ1) is 15.4. The number of anilines is 2. The number of rotatable bonds is 1. The van der Waals surface area contributed by atoms with Crippen LogP contribution in [-0.2, 0) is 4.74 Å². The average Bonchev–Trinajstić information content (AvgIpc) is 2.38.